The summed E-state index contributed by atoms with van der Waals surface area (Å²) in [5.74, 6) is 0.902. The maximum Gasteiger partial charge on any atom is 0.133 e. The molecule has 0 aliphatic heterocycles. The Labute approximate surface area is 113 Å². The van der Waals surface area contributed by atoms with Crippen molar-refractivity contribution in [3.8, 4) is 11.4 Å². The Morgan fingerprint density at radius 3 is 2.74 bits per heavy atom. The normalized spacial score (nSPS) is 10.7. The number of hydrogen-bond donors (Lipinski definition) is 1. The number of nitrogens with zero attached hydrogens (tertiary/aromatic N) is 5. The van der Waals surface area contributed by atoms with Crippen LogP contribution in [-0.4, -0.2) is 31.5 Å². The summed E-state index contributed by atoms with van der Waals surface area (Å²) in [6.45, 7) is 7.98. The van der Waals surface area contributed by atoms with Crippen LogP contribution in [0.4, 0.5) is 5.82 Å². The number of nitrogens with one attached hydrogen (secondary N) is 1. The topological polar surface area (TPSA) is 68.5 Å². The van der Waals surface area contributed by atoms with Gasteiger partial charge in [-0.25, -0.2) is 14.6 Å². The zero-order chi connectivity index (χ0) is 13.7. The minimum Gasteiger partial charge on any atom is -0.370 e. The SMILES string of the molecule is CCCn1nncc1-c1ncnc(NCC)c1CC. The third kappa shape index (κ3) is 2.72. The average molecular weight is 260 g/mol. The van der Waals surface area contributed by atoms with Crippen molar-refractivity contribution in [3.05, 3.63) is 18.1 Å². The molecule has 0 aliphatic rings. The Bertz CT molecular complexity index is 534. The second-order valence-electron chi connectivity index (χ2n) is 4.28. The molecule has 2 aromatic heterocycles. The highest BCUT2D eigenvalue weighted by Crippen LogP contribution is 2.25. The molecule has 0 saturated heterocycles. The van der Waals surface area contributed by atoms with Gasteiger partial charge in [-0.15, -0.1) is 5.10 Å². The standard InChI is InChI=1S/C13H20N6/c1-4-7-19-11(8-17-18-19)12-10(5-2)13(14-6-3)16-9-15-12/h8-9H,4-7H2,1-3H3,(H,14,15,16). The Morgan fingerprint density at radius 1 is 1.21 bits per heavy atom. The van der Waals surface area contributed by atoms with Crippen molar-refractivity contribution in [2.45, 2.75) is 40.2 Å². The lowest BCUT2D eigenvalue weighted by Gasteiger charge is -2.12. The molecule has 0 fully saturated rings. The lowest BCUT2D eigenvalue weighted by Crippen LogP contribution is -2.08. The number of hydrogen-bond acceptors (Lipinski definition) is 5. The third-order valence-corrected chi connectivity index (χ3v) is 2.94. The van der Waals surface area contributed by atoms with Gasteiger partial charge in [0.25, 0.3) is 0 Å². The molecule has 1 N–H and O–H groups in total. The molecule has 2 heterocycles. The largest absolute Gasteiger partial charge is 0.370 e. The van der Waals surface area contributed by atoms with Crippen LogP contribution in [0.15, 0.2) is 12.5 Å². The molecule has 0 atom stereocenters. The number of anilines is 1. The van der Waals surface area contributed by atoms with E-state index in [0.717, 1.165) is 48.7 Å². The molecule has 0 amide bonds. The van der Waals surface area contributed by atoms with Gasteiger partial charge >= 0.3 is 0 Å². The van der Waals surface area contributed by atoms with Crippen LogP contribution in [-0.2, 0) is 13.0 Å². The van der Waals surface area contributed by atoms with Gasteiger partial charge in [0.05, 0.1) is 11.9 Å². The highest BCUT2D eigenvalue weighted by Gasteiger charge is 2.15. The van der Waals surface area contributed by atoms with Crippen LogP contribution in [0.3, 0.4) is 0 Å². The summed E-state index contributed by atoms with van der Waals surface area (Å²) >= 11 is 0. The fourth-order valence-corrected chi connectivity index (χ4v) is 2.11. The van der Waals surface area contributed by atoms with Gasteiger partial charge in [0, 0.05) is 18.7 Å². The van der Waals surface area contributed by atoms with Gasteiger partial charge in [0.1, 0.15) is 17.8 Å². The summed E-state index contributed by atoms with van der Waals surface area (Å²) in [7, 11) is 0. The van der Waals surface area contributed by atoms with E-state index in [-0.39, 0.29) is 0 Å². The minimum absolute atomic E-state index is 0.843. The van der Waals surface area contributed by atoms with Gasteiger partial charge in [-0.05, 0) is 19.8 Å². The van der Waals surface area contributed by atoms with E-state index in [1.807, 2.05) is 4.68 Å². The Hall–Kier alpha value is -1.98. The molecular formula is C13H20N6. The van der Waals surface area contributed by atoms with E-state index < -0.39 is 0 Å². The predicted octanol–water partition coefficient (Wildman–Crippen LogP) is 2.14. The van der Waals surface area contributed by atoms with Gasteiger partial charge in [-0.3, -0.25) is 0 Å². The summed E-state index contributed by atoms with van der Waals surface area (Å²) < 4.78 is 1.90. The van der Waals surface area contributed by atoms with E-state index in [0.29, 0.717) is 0 Å². The van der Waals surface area contributed by atoms with E-state index in [1.54, 1.807) is 12.5 Å². The molecule has 0 saturated carbocycles. The predicted molar refractivity (Wildman–Crippen MR) is 74.9 cm³/mol. The first-order valence-corrected chi connectivity index (χ1v) is 6.78. The van der Waals surface area contributed by atoms with Crippen molar-refractivity contribution < 1.29 is 0 Å². The van der Waals surface area contributed by atoms with Gasteiger partial charge in [-0.2, -0.15) is 0 Å². The summed E-state index contributed by atoms with van der Waals surface area (Å²) in [4.78, 5) is 8.74. The first-order valence-electron chi connectivity index (χ1n) is 6.78. The molecule has 0 unspecified atom stereocenters. The third-order valence-electron chi connectivity index (χ3n) is 2.94. The van der Waals surface area contributed by atoms with Crippen LogP contribution in [0.1, 0.15) is 32.8 Å². The fourth-order valence-electron chi connectivity index (χ4n) is 2.11. The van der Waals surface area contributed by atoms with Crippen molar-refractivity contribution in [1.29, 1.82) is 0 Å². The van der Waals surface area contributed by atoms with E-state index in [1.165, 1.54) is 0 Å². The molecule has 102 valence electrons. The van der Waals surface area contributed by atoms with Crippen LogP contribution >= 0.6 is 0 Å². The lowest BCUT2D eigenvalue weighted by atomic mass is 10.1. The second-order valence-corrected chi connectivity index (χ2v) is 4.28. The maximum absolute atomic E-state index is 4.43. The number of aromatic nitrogens is 5. The molecule has 0 bridgehead atoms. The molecule has 2 aromatic rings. The first kappa shape index (κ1) is 13.5. The molecule has 0 aromatic carbocycles. The molecule has 6 nitrogen and oxygen atoms in total. The van der Waals surface area contributed by atoms with Gasteiger partial charge in [0.2, 0.25) is 0 Å². The van der Waals surface area contributed by atoms with Crippen molar-refractivity contribution in [3.63, 3.8) is 0 Å². The lowest BCUT2D eigenvalue weighted by molar-refractivity contribution is 0.583. The molecule has 0 aliphatic carbocycles. The molecule has 0 radical (unpaired) electrons. The van der Waals surface area contributed by atoms with Crippen molar-refractivity contribution in [2.24, 2.45) is 0 Å². The Morgan fingerprint density at radius 2 is 2.05 bits per heavy atom. The minimum atomic E-state index is 0.843. The second kappa shape index (κ2) is 6.26. The van der Waals surface area contributed by atoms with Crippen LogP contribution in [0, 0.1) is 0 Å². The van der Waals surface area contributed by atoms with Crippen LogP contribution in [0.25, 0.3) is 11.4 Å². The van der Waals surface area contributed by atoms with Crippen molar-refractivity contribution in [1.82, 2.24) is 25.0 Å². The summed E-state index contributed by atoms with van der Waals surface area (Å²) in [5, 5.41) is 11.4. The van der Waals surface area contributed by atoms with Gasteiger partial charge in [-0.1, -0.05) is 19.1 Å². The van der Waals surface area contributed by atoms with Crippen molar-refractivity contribution >= 4 is 5.82 Å². The van der Waals surface area contributed by atoms with Crippen molar-refractivity contribution in [2.75, 3.05) is 11.9 Å². The zero-order valence-corrected chi connectivity index (χ0v) is 11.7. The molecule has 2 rings (SSSR count). The van der Waals surface area contributed by atoms with E-state index in [9.17, 15) is 0 Å². The van der Waals surface area contributed by atoms with E-state index >= 15 is 0 Å². The molecular weight excluding hydrogens is 240 g/mol. The fraction of sp³-hybridized carbons (Fsp3) is 0.538. The average Bonchev–Trinajstić information content (AvgIpc) is 2.87. The van der Waals surface area contributed by atoms with Crippen LogP contribution in [0.5, 0.6) is 0 Å². The molecule has 6 heteroatoms. The Balaban J connectivity index is 2.48. The highest BCUT2D eigenvalue weighted by atomic mass is 15.4. The van der Waals surface area contributed by atoms with E-state index in [2.05, 4.69) is 46.4 Å². The smallest absolute Gasteiger partial charge is 0.133 e. The van der Waals surface area contributed by atoms with Crippen LogP contribution < -0.4 is 5.32 Å². The molecule has 19 heavy (non-hydrogen) atoms. The number of aryl methyl sites for hydroxylation is 1. The highest BCUT2D eigenvalue weighted by molar-refractivity contribution is 5.64. The zero-order valence-electron chi connectivity index (χ0n) is 11.7. The Kier molecular flexibility index (Phi) is 4.43. The summed E-state index contributed by atoms with van der Waals surface area (Å²) in [6.07, 6.45) is 5.25. The number of rotatable bonds is 6. The monoisotopic (exact) mass is 260 g/mol. The molecule has 0 spiro atoms. The van der Waals surface area contributed by atoms with Gasteiger partial charge < -0.3 is 5.32 Å². The van der Waals surface area contributed by atoms with E-state index in [4.69, 9.17) is 0 Å². The first-order chi connectivity index (χ1) is 9.31. The summed E-state index contributed by atoms with van der Waals surface area (Å²) in [5.41, 5.74) is 3.00. The van der Waals surface area contributed by atoms with Crippen LogP contribution in [0.2, 0.25) is 0 Å². The van der Waals surface area contributed by atoms with Gasteiger partial charge in [0.15, 0.2) is 0 Å². The maximum atomic E-state index is 4.43. The quantitative estimate of drug-likeness (QED) is 0.861. The summed E-state index contributed by atoms with van der Waals surface area (Å²) in [6, 6.07) is 0.